The molecule has 1 aliphatic heterocycles. The number of anilines is 1. The van der Waals surface area contributed by atoms with Crippen LogP contribution in [0, 0.1) is 11.3 Å². The van der Waals surface area contributed by atoms with E-state index in [2.05, 4.69) is 35.8 Å². The maximum atomic E-state index is 8.88. The Kier molecular flexibility index (Phi) is 3.97. The molecule has 0 radical (unpaired) electrons. The zero-order chi connectivity index (χ0) is 14.7. The molecule has 21 heavy (non-hydrogen) atoms. The van der Waals surface area contributed by atoms with E-state index in [1.54, 1.807) is 18.5 Å². The highest BCUT2D eigenvalue weighted by molar-refractivity contribution is 9.10. The summed E-state index contributed by atoms with van der Waals surface area (Å²) in [5.41, 5.74) is 0.376. The molecule has 6 nitrogen and oxygen atoms in total. The maximum absolute atomic E-state index is 8.88. The molecule has 0 aliphatic carbocycles. The highest BCUT2D eigenvalue weighted by atomic mass is 79.9. The fraction of sp³-hybridized carbons (Fsp3) is 0.286. The highest BCUT2D eigenvalue weighted by Gasteiger charge is 2.25. The third-order valence-corrected chi connectivity index (χ3v) is 3.65. The van der Waals surface area contributed by atoms with Crippen LogP contribution in [0.1, 0.15) is 12.1 Å². The fourth-order valence-corrected chi connectivity index (χ4v) is 2.61. The van der Waals surface area contributed by atoms with Crippen molar-refractivity contribution in [3.63, 3.8) is 0 Å². The predicted octanol–water partition coefficient (Wildman–Crippen LogP) is 2.16. The van der Waals surface area contributed by atoms with Gasteiger partial charge in [-0.2, -0.15) is 5.26 Å². The zero-order valence-electron chi connectivity index (χ0n) is 11.1. The van der Waals surface area contributed by atoms with Crippen LogP contribution < -0.4 is 9.64 Å². The van der Waals surface area contributed by atoms with Crippen molar-refractivity contribution in [3.05, 3.63) is 41.0 Å². The van der Waals surface area contributed by atoms with Gasteiger partial charge in [0, 0.05) is 29.7 Å². The van der Waals surface area contributed by atoms with E-state index in [1.165, 1.54) is 6.33 Å². The lowest BCUT2D eigenvalue weighted by atomic mass is 10.3. The van der Waals surface area contributed by atoms with Crippen molar-refractivity contribution in [2.24, 2.45) is 0 Å². The van der Waals surface area contributed by atoms with Crippen molar-refractivity contribution in [2.45, 2.75) is 12.5 Å². The molecule has 1 fully saturated rings. The van der Waals surface area contributed by atoms with Crippen molar-refractivity contribution in [3.8, 4) is 11.8 Å². The Bertz CT molecular complexity index is 687. The van der Waals surface area contributed by atoms with Gasteiger partial charge in [0.25, 0.3) is 0 Å². The lowest BCUT2D eigenvalue weighted by molar-refractivity contribution is 0.224. The van der Waals surface area contributed by atoms with Gasteiger partial charge in [-0.25, -0.2) is 9.97 Å². The summed E-state index contributed by atoms with van der Waals surface area (Å²) >= 11 is 3.38. The second-order valence-corrected chi connectivity index (χ2v) is 5.60. The van der Waals surface area contributed by atoms with Crippen molar-refractivity contribution in [1.82, 2.24) is 15.0 Å². The third kappa shape index (κ3) is 3.28. The van der Waals surface area contributed by atoms with Crippen LogP contribution >= 0.6 is 15.9 Å². The first-order valence-corrected chi connectivity index (χ1v) is 7.28. The molecule has 1 atom stereocenters. The minimum atomic E-state index is 0.0848. The van der Waals surface area contributed by atoms with E-state index < -0.39 is 0 Å². The number of hydrogen-bond acceptors (Lipinski definition) is 6. The molecule has 0 N–H and O–H groups in total. The molecule has 2 aromatic heterocycles. The van der Waals surface area contributed by atoms with Crippen LogP contribution in [-0.2, 0) is 0 Å². The van der Waals surface area contributed by atoms with Crippen LogP contribution in [-0.4, -0.2) is 34.1 Å². The van der Waals surface area contributed by atoms with E-state index in [-0.39, 0.29) is 6.10 Å². The van der Waals surface area contributed by atoms with Gasteiger partial charge >= 0.3 is 0 Å². The van der Waals surface area contributed by atoms with Gasteiger partial charge in [0.2, 0.25) is 0 Å². The molecule has 106 valence electrons. The average Bonchev–Trinajstić information content (AvgIpc) is 2.96. The summed E-state index contributed by atoms with van der Waals surface area (Å²) in [6.07, 6.45) is 5.82. The lowest BCUT2D eigenvalue weighted by Crippen LogP contribution is -2.25. The molecule has 3 rings (SSSR count). The van der Waals surface area contributed by atoms with Crippen molar-refractivity contribution in [2.75, 3.05) is 18.0 Å². The number of rotatable bonds is 3. The van der Waals surface area contributed by atoms with E-state index in [4.69, 9.17) is 10.00 Å². The Morgan fingerprint density at radius 3 is 3.05 bits per heavy atom. The molecular formula is C14H12BrN5O. The molecule has 7 heteroatoms. The quantitative estimate of drug-likeness (QED) is 0.848. The molecule has 0 unspecified atom stereocenters. The van der Waals surface area contributed by atoms with Gasteiger partial charge in [0.15, 0.2) is 0 Å². The van der Waals surface area contributed by atoms with Gasteiger partial charge in [-0.1, -0.05) is 0 Å². The molecule has 0 saturated carbocycles. The summed E-state index contributed by atoms with van der Waals surface area (Å²) in [6, 6.07) is 5.62. The molecule has 3 heterocycles. The first kappa shape index (κ1) is 13.8. The second kappa shape index (κ2) is 6.06. The van der Waals surface area contributed by atoms with Crippen LogP contribution in [0.3, 0.4) is 0 Å². The smallest absolute Gasteiger partial charge is 0.145 e. The molecule has 0 spiro atoms. The first-order valence-electron chi connectivity index (χ1n) is 6.49. The minimum absolute atomic E-state index is 0.0848. The minimum Gasteiger partial charge on any atom is -0.487 e. The largest absolute Gasteiger partial charge is 0.487 e. The standard InChI is InChI=1S/C14H12BrN5O/c15-10-3-13(7-17-6-10)21-12-1-2-20(8-12)14-4-11(5-16)18-9-19-14/h3-4,6-7,9,12H,1-2,8H2/t12-/m0/s1. The first-order chi connectivity index (χ1) is 10.2. The third-order valence-electron chi connectivity index (χ3n) is 3.22. The van der Waals surface area contributed by atoms with Gasteiger partial charge in [0.05, 0.1) is 12.7 Å². The zero-order valence-corrected chi connectivity index (χ0v) is 12.7. The van der Waals surface area contributed by atoms with Crippen molar-refractivity contribution in [1.29, 1.82) is 5.26 Å². The summed E-state index contributed by atoms with van der Waals surface area (Å²) in [7, 11) is 0. The summed E-state index contributed by atoms with van der Waals surface area (Å²) in [4.78, 5) is 14.3. The number of nitriles is 1. The molecule has 1 saturated heterocycles. The molecular weight excluding hydrogens is 334 g/mol. The Morgan fingerprint density at radius 2 is 2.24 bits per heavy atom. The number of pyridine rings is 1. The summed E-state index contributed by atoms with van der Waals surface area (Å²) in [5, 5.41) is 8.88. The van der Waals surface area contributed by atoms with E-state index in [9.17, 15) is 0 Å². The molecule has 0 aromatic carbocycles. The highest BCUT2D eigenvalue weighted by Crippen LogP contribution is 2.23. The van der Waals surface area contributed by atoms with Gasteiger partial charge < -0.3 is 9.64 Å². The Hall–Kier alpha value is -2.20. The van der Waals surface area contributed by atoms with E-state index in [1.807, 2.05) is 12.1 Å². The van der Waals surface area contributed by atoms with Gasteiger partial charge in [-0.3, -0.25) is 4.98 Å². The number of hydrogen-bond donors (Lipinski definition) is 0. The van der Waals surface area contributed by atoms with E-state index >= 15 is 0 Å². The summed E-state index contributed by atoms with van der Waals surface area (Å²) in [6.45, 7) is 1.57. The van der Waals surface area contributed by atoms with Crippen LogP contribution in [0.4, 0.5) is 5.82 Å². The van der Waals surface area contributed by atoms with Gasteiger partial charge in [0.1, 0.15) is 35.8 Å². The fourth-order valence-electron chi connectivity index (χ4n) is 2.26. The monoisotopic (exact) mass is 345 g/mol. The molecule has 2 aromatic rings. The van der Waals surface area contributed by atoms with Crippen molar-refractivity contribution >= 4 is 21.7 Å². The lowest BCUT2D eigenvalue weighted by Gasteiger charge is -2.17. The molecule has 1 aliphatic rings. The van der Waals surface area contributed by atoms with Crippen molar-refractivity contribution < 1.29 is 4.74 Å². The predicted molar refractivity (Wildman–Crippen MR) is 79.9 cm³/mol. The maximum Gasteiger partial charge on any atom is 0.145 e. The van der Waals surface area contributed by atoms with E-state index in [0.29, 0.717) is 5.69 Å². The number of nitrogens with zero attached hydrogens (tertiary/aromatic N) is 5. The summed E-state index contributed by atoms with van der Waals surface area (Å²) < 4.78 is 6.81. The van der Waals surface area contributed by atoms with Gasteiger partial charge in [-0.05, 0) is 22.0 Å². The second-order valence-electron chi connectivity index (χ2n) is 4.69. The molecule has 0 amide bonds. The normalized spacial score (nSPS) is 17.5. The number of ether oxygens (including phenoxy) is 1. The summed E-state index contributed by atoms with van der Waals surface area (Å²) in [5.74, 6) is 1.51. The van der Waals surface area contributed by atoms with Crippen LogP contribution in [0.25, 0.3) is 0 Å². The Balaban J connectivity index is 1.66. The van der Waals surface area contributed by atoms with Crippen LogP contribution in [0.15, 0.2) is 35.3 Å². The SMILES string of the molecule is N#Cc1cc(N2CC[C@H](Oc3cncc(Br)c3)C2)ncn1. The number of aromatic nitrogens is 3. The van der Waals surface area contributed by atoms with Crippen LogP contribution in [0.2, 0.25) is 0 Å². The average molecular weight is 346 g/mol. The van der Waals surface area contributed by atoms with Crippen LogP contribution in [0.5, 0.6) is 5.75 Å². The van der Waals surface area contributed by atoms with E-state index in [0.717, 1.165) is 35.6 Å². The number of halogens is 1. The topological polar surface area (TPSA) is 74.9 Å². The Labute approximate surface area is 130 Å². The Morgan fingerprint density at radius 1 is 1.33 bits per heavy atom. The molecule has 0 bridgehead atoms. The van der Waals surface area contributed by atoms with Gasteiger partial charge in [-0.15, -0.1) is 0 Å².